The summed E-state index contributed by atoms with van der Waals surface area (Å²) in [5.41, 5.74) is 0. The SMILES string of the molecule is CCCOCC(=O)N1CCC(CNC(=O)C2CCC2)CC1. The van der Waals surface area contributed by atoms with Gasteiger partial charge in [-0.05, 0) is 38.0 Å². The van der Waals surface area contributed by atoms with E-state index in [-0.39, 0.29) is 24.3 Å². The fraction of sp³-hybridized carbons (Fsp3) is 0.875. The number of hydrogen-bond acceptors (Lipinski definition) is 3. The zero-order chi connectivity index (χ0) is 15.1. The van der Waals surface area contributed by atoms with Crippen LogP contribution in [0.4, 0.5) is 0 Å². The van der Waals surface area contributed by atoms with Gasteiger partial charge in [-0.15, -0.1) is 0 Å². The zero-order valence-corrected chi connectivity index (χ0v) is 13.1. The molecule has 1 N–H and O–H groups in total. The number of likely N-dealkylation sites (tertiary alicyclic amines) is 1. The molecule has 0 aromatic rings. The maximum Gasteiger partial charge on any atom is 0.248 e. The van der Waals surface area contributed by atoms with Crippen LogP contribution in [0, 0.1) is 11.8 Å². The predicted octanol–water partition coefficient (Wildman–Crippen LogP) is 1.57. The fourth-order valence-electron chi connectivity index (χ4n) is 2.84. The number of nitrogens with zero attached hydrogens (tertiary/aromatic N) is 1. The third kappa shape index (κ3) is 4.99. The van der Waals surface area contributed by atoms with E-state index in [0.717, 1.165) is 51.7 Å². The first kappa shape index (κ1) is 16.3. The van der Waals surface area contributed by atoms with E-state index in [4.69, 9.17) is 4.74 Å². The van der Waals surface area contributed by atoms with E-state index in [9.17, 15) is 9.59 Å². The Morgan fingerprint density at radius 2 is 1.90 bits per heavy atom. The molecule has 120 valence electrons. The molecule has 0 aromatic carbocycles. The summed E-state index contributed by atoms with van der Waals surface area (Å²) in [5.74, 6) is 1.10. The van der Waals surface area contributed by atoms with E-state index < -0.39 is 0 Å². The van der Waals surface area contributed by atoms with Gasteiger partial charge >= 0.3 is 0 Å². The molecule has 1 saturated carbocycles. The monoisotopic (exact) mass is 296 g/mol. The lowest BCUT2D eigenvalue weighted by Gasteiger charge is -2.32. The Hall–Kier alpha value is -1.10. The predicted molar refractivity (Wildman–Crippen MR) is 80.8 cm³/mol. The van der Waals surface area contributed by atoms with Crippen molar-refractivity contribution in [3.63, 3.8) is 0 Å². The molecule has 5 heteroatoms. The average molecular weight is 296 g/mol. The Balaban J connectivity index is 1.59. The minimum absolute atomic E-state index is 0.0976. The molecule has 0 atom stereocenters. The largest absolute Gasteiger partial charge is 0.372 e. The fourth-order valence-corrected chi connectivity index (χ4v) is 2.84. The Kier molecular flexibility index (Phi) is 6.49. The maximum absolute atomic E-state index is 11.9. The molecule has 0 radical (unpaired) electrons. The molecule has 2 fully saturated rings. The van der Waals surface area contributed by atoms with Crippen LogP contribution in [0.2, 0.25) is 0 Å². The molecule has 1 saturated heterocycles. The highest BCUT2D eigenvalue weighted by Crippen LogP contribution is 2.26. The highest BCUT2D eigenvalue weighted by atomic mass is 16.5. The van der Waals surface area contributed by atoms with Crippen molar-refractivity contribution in [2.75, 3.05) is 32.8 Å². The standard InChI is InChI=1S/C16H28N2O3/c1-2-10-21-12-15(19)18-8-6-13(7-9-18)11-17-16(20)14-4-3-5-14/h13-14H,2-12H2,1H3,(H,17,20). The smallest absolute Gasteiger partial charge is 0.248 e. The van der Waals surface area contributed by atoms with Crippen LogP contribution in [0.15, 0.2) is 0 Å². The summed E-state index contributed by atoms with van der Waals surface area (Å²) < 4.78 is 5.30. The van der Waals surface area contributed by atoms with Crippen LogP contribution in [0.5, 0.6) is 0 Å². The second-order valence-electron chi connectivity index (χ2n) is 6.25. The Labute approximate surface area is 127 Å². The molecule has 0 unspecified atom stereocenters. The van der Waals surface area contributed by atoms with E-state index in [1.54, 1.807) is 0 Å². The third-order valence-corrected chi connectivity index (χ3v) is 4.58. The van der Waals surface area contributed by atoms with Crippen molar-refractivity contribution >= 4 is 11.8 Å². The Morgan fingerprint density at radius 3 is 2.48 bits per heavy atom. The number of carbonyl (C=O) groups is 2. The Morgan fingerprint density at radius 1 is 1.19 bits per heavy atom. The molecule has 0 bridgehead atoms. The molecule has 1 aliphatic carbocycles. The summed E-state index contributed by atoms with van der Waals surface area (Å²) in [6.45, 7) is 5.24. The maximum atomic E-state index is 11.9. The first-order valence-electron chi connectivity index (χ1n) is 8.34. The van der Waals surface area contributed by atoms with E-state index in [2.05, 4.69) is 5.32 Å². The lowest BCUT2D eigenvalue weighted by molar-refractivity contribution is -0.137. The summed E-state index contributed by atoms with van der Waals surface area (Å²) in [6, 6.07) is 0. The average Bonchev–Trinajstić information content (AvgIpc) is 2.44. The molecule has 0 aromatic heterocycles. The molecular weight excluding hydrogens is 268 g/mol. The lowest BCUT2D eigenvalue weighted by atomic mass is 9.84. The molecule has 2 rings (SSSR count). The quantitative estimate of drug-likeness (QED) is 0.726. The number of nitrogens with one attached hydrogen (secondary N) is 1. The third-order valence-electron chi connectivity index (χ3n) is 4.58. The number of ether oxygens (including phenoxy) is 1. The van der Waals surface area contributed by atoms with Crippen molar-refractivity contribution in [3.8, 4) is 0 Å². The van der Waals surface area contributed by atoms with Gasteiger partial charge in [0.15, 0.2) is 0 Å². The van der Waals surface area contributed by atoms with Crippen LogP contribution in [0.25, 0.3) is 0 Å². The normalized spacial score (nSPS) is 20.1. The van der Waals surface area contributed by atoms with Gasteiger partial charge in [0.05, 0.1) is 0 Å². The number of piperidine rings is 1. The molecule has 5 nitrogen and oxygen atoms in total. The molecule has 2 aliphatic rings. The second-order valence-corrected chi connectivity index (χ2v) is 6.25. The summed E-state index contributed by atoms with van der Waals surface area (Å²) in [5, 5.41) is 3.07. The van der Waals surface area contributed by atoms with Crippen LogP contribution < -0.4 is 5.32 Å². The highest BCUT2D eigenvalue weighted by molar-refractivity contribution is 5.79. The zero-order valence-electron chi connectivity index (χ0n) is 13.1. The van der Waals surface area contributed by atoms with Gasteiger partial charge < -0.3 is 15.0 Å². The van der Waals surface area contributed by atoms with Gasteiger partial charge in [0, 0.05) is 32.2 Å². The van der Waals surface area contributed by atoms with Crippen molar-refractivity contribution in [3.05, 3.63) is 0 Å². The lowest BCUT2D eigenvalue weighted by Crippen LogP contribution is -2.44. The number of hydrogen-bond donors (Lipinski definition) is 1. The van der Waals surface area contributed by atoms with Crippen molar-refractivity contribution in [1.29, 1.82) is 0 Å². The van der Waals surface area contributed by atoms with Crippen molar-refractivity contribution in [1.82, 2.24) is 10.2 Å². The van der Waals surface area contributed by atoms with E-state index in [1.165, 1.54) is 6.42 Å². The Bertz CT molecular complexity index is 347. The minimum Gasteiger partial charge on any atom is -0.372 e. The summed E-state index contributed by atoms with van der Waals surface area (Å²) in [7, 11) is 0. The topological polar surface area (TPSA) is 58.6 Å². The molecule has 2 amide bonds. The van der Waals surface area contributed by atoms with Gasteiger partial charge in [-0.2, -0.15) is 0 Å². The van der Waals surface area contributed by atoms with Gasteiger partial charge in [0.25, 0.3) is 0 Å². The number of carbonyl (C=O) groups excluding carboxylic acids is 2. The van der Waals surface area contributed by atoms with Crippen LogP contribution in [-0.4, -0.2) is 49.6 Å². The summed E-state index contributed by atoms with van der Waals surface area (Å²) in [4.78, 5) is 25.6. The number of amides is 2. The minimum atomic E-state index is 0.0976. The van der Waals surface area contributed by atoms with Crippen molar-refractivity contribution in [2.24, 2.45) is 11.8 Å². The van der Waals surface area contributed by atoms with E-state index in [0.29, 0.717) is 12.5 Å². The first-order chi connectivity index (χ1) is 10.2. The van der Waals surface area contributed by atoms with Gasteiger partial charge in [-0.3, -0.25) is 9.59 Å². The molecule has 1 aliphatic heterocycles. The molecule has 0 spiro atoms. The second kappa shape index (κ2) is 8.37. The van der Waals surface area contributed by atoms with Crippen LogP contribution in [0.3, 0.4) is 0 Å². The molecular formula is C16H28N2O3. The van der Waals surface area contributed by atoms with Gasteiger partial charge in [-0.25, -0.2) is 0 Å². The highest BCUT2D eigenvalue weighted by Gasteiger charge is 2.27. The van der Waals surface area contributed by atoms with E-state index in [1.807, 2.05) is 11.8 Å². The van der Waals surface area contributed by atoms with Gasteiger partial charge in [-0.1, -0.05) is 13.3 Å². The summed E-state index contributed by atoms with van der Waals surface area (Å²) >= 11 is 0. The van der Waals surface area contributed by atoms with Crippen LogP contribution in [-0.2, 0) is 14.3 Å². The molecule has 1 heterocycles. The first-order valence-corrected chi connectivity index (χ1v) is 8.34. The van der Waals surface area contributed by atoms with Crippen molar-refractivity contribution < 1.29 is 14.3 Å². The van der Waals surface area contributed by atoms with E-state index >= 15 is 0 Å². The van der Waals surface area contributed by atoms with Gasteiger partial charge in [0.1, 0.15) is 6.61 Å². The summed E-state index contributed by atoms with van der Waals surface area (Å²) in [6.07, 6.45) is 6.19. The van der Waals surface area contributed by atoms with Crippen LogP contribution in [0.1, 0.15) is 45.4 Å². The van der Waals surface area contributed by atoms with Gasteiger partial charge in [0.2, 0.25) is 11.8 Å². The molecule has 21 heavy (non-hydrogen) atoms. The number of rotatable bonds is 7. The van der Waals surface area contributed by atoms with Crippen molar-refractivity contribution in [2.45, 2.75) is 45.4 Å². The van der Waals surface area contributed by atoms with Crippen LogP contribution >= 0.6 is 0 Å².